The Balaban J connectivity index is 2.07. The number of rotatable bonds is 3. The highest BCUT2D eigenvalue weighted by Gasteiger charge is 2.24. The molecule has 0 aliphatic heterocycles. The molecule has 0 bridgehead atoms. The average molecular weight is 367 g/mol. The first-order valence-corrected chi connectivity index (χ1v) is 9.00. The molecule has 0 unspecified atom stereocenters. The topological polar surface area (TPSA) is 51.2 Å². The zero-order chi connectivity index (χ0) is 18.4. The Morgan fingerprint density at radius 1 is 1.19 bits per heavy atom. The van der Waals surface area contributed by atoms with Gasteiger partial charge in [-0.05, 0) is 19.1 Å². The molecule has 0 atom stereocenters. The first-order chi connectivity index (χ1) is 12.5. The number of hydrogen-bond donors (Lipinski definition) is 0. The summed E-state index contributed by atoms with van der Waals surface area (Å²) < 4.78 is 3.87. The number of pyridine rings is 1. The molecule has 7 heteroatoms. The molecule has 0 fully saturated rings. The molecule has 1 aromatic carbocycles. The van der Waals surface area contributed by atoms with Crippen molar-refractivity contribution in [3.63, 3.8) is 0 Å². The highest BCUT2D eigenvalue weighted by Crippen LogP contribution is 2.34. The lowest BCUT2D eigenvalue weighted by molar-refractivity contribution is -0.863. The zero-order valence-corrected chi connectivity index (χ0v) is 15.9. The summed E-state index contributed by atoms with van der Waals surface area (Å²) in [5, 5.41) is 0.924. The molecule has 0 aliphatic carbocycles. The van der Waals surface area contributed by atoms with E-state index in [1.807, 2.05) is 62.4 Å². The van der Waals surface area contributed by atoms with Crippen molar-refractivity contribution in [2.45, 2.75) is 6.92 Å². The van der Waals surface area contributed by atoms with Crippen LogP contribution in [0.3, 0.4) is 0 Å². The first-order valence-electron chi connectivity index (χ1n) is 8.18. The zero-order valence-electron chi connectivity index (χ0n) is 15.1. The Morgan fingerprint density at radius 2 is 1.92 bits per heavy atom. The summed E-state index contributed by atoms with van der Waals surface area (Å²) in [5.41, 5.74) is 3.58. The summed E-state index contributed by atoms with van der Waals surface area (Å²) >= 11 is 1.40. The van der Waals surface area contributed by atoms with E-state index >= 15 is 0 Å². The second-order valence-electron chi connectivity index (χ2n) is 6.32. The molecule has 3 heterocycles. The standard InChI is InChI=1S/C19H19N4O2S/c1-12-5-7-13(8-6-12)22-11-20-16-15-14(21(2)3)9-10-23(25-4)19(15)26-17(16)18(22)24/h5-11H,1-4H3/q+1. The largest absolute Gasteiger partial charge is 0.377 e. The maximum absolute atomic E-state index is 13.1. The minimum absolute atomic E-state index is 0.0765. The molecule has 0 aliphatic rings. The maximum Gasteiger partial charge on any atom is 0.324 e. The minimum atomic E-state index is -0.0765. The monoisotopic (exact) mass is 367 g/mol. The number of fused-ring (bicyclic) bond motifs is 3. The van der Waals surface area contributed by atoms with Crippen molar-refractivity contribution >= 4 is 37.5 Å². The van der Waals surface area contributed by atoms with Crippen LogP contribution in [0, 0.1) is 6.92 Å². The number of aromatic nitrogens is 3. The fourth-order valence-electron chi connectivity index (χ4n) is 3.04. The Morgan fingerprint density at radius 3 is 2.58 bits per heavy atom. The predicted octanol–water partition coefficient (Wildman–Crippen LogP) is 2.32. The molecule has 0 saturated heterocycles. The van der Waals surface area contributed by atoms with Crippen LogP contribution in [-0.2, 0) is 0 Å². The fraction of sp³-hybridized carbons (Fsp3) is 0.211. The second-order valence-corrected chi connectivity index (χ2v) is 7.32. The Kier molecular flexibility index (Phi) is 3.88. The van der Waals surface area contributed by atoms with Crippen LogP contribution in [0.4, 0.5) is 5.69 Å². The Labute approximate surface area is 154 Å². The summed E-state index contributed by atoms with van der Waals surface area (Å²) in [5.74, 6) is 0. The third-order valence-electron chi connectivity index (χ3n) is 4.39. The van der Waals surface area contributed by atoms with Gasteiger partial charge in [0.15, 0.2) is 0 Å². The van der Waals surface area contributed by atoms with Crippen LogP contribution in [0.1, 0.15) is 5.56 Å². The van der Waals surface area contributed by atoms with Gasteiger partial charge >= 0.3 is 4.83 Å². The number of nitrogens with zero attached hydrogens (tertiary/aromatic N) is 4. The number of thiophene rings is 1. The Hall–Kier alpha value is -2.93. The van der Waals surface area contributed by atoms with Crippen molar-refractivity contribution in [1.82, 2.24) is 9.55 Å². The molecule has 26 heavy (non-hydrogen) atoms. The molecule has 0 N–H and O–H groups in total. The van der Waals surface area contributed by atoms with Crippen molar-refractivity contribution in [1.29, 1.82) is 0 Å². The van der Waals surface area contributed by atoms with E-state index in [0.717, 1.165) is 27.2 Å². The van der Waals surface area contributed by atoms with E-state index in [4.69, 9.17) is 4.84 Å². The van der Waals surface area contributed by atoms with Crippen molar-refractivity contribution < 1.29 is 9.57 Å². The highest BCUT2D eigenvalue weighted by atomic mass is 32.1. The molecule has 4 rings (SSSR count). The molecule has 0 spiro atoms. The third kappa shape index (κ3) is 2.43. The molecule has 6 nitrogen and oxygen atoms in total. The summed E-state index contributed by atoms with van der Waals surface area (Å²) in [6.07, 6.45) is 3.45. The van der Waals surface area contributed by atoms with Gasteiger partial charge in [-0.2, -0.15) is 0 Å². The molecule has 0 saturated carbocycles. The number of aryl methyl sites for hydroxylation is 1. The summed E-state index contributed by atoms with van der Waals surface area (Å²) in [6.45, 7) is 2.02. The van der Waals surface area contributed by atoms with Crippen molar-refractivity contribution in [3.05, 3.63) is 58.8 Å². The summed E-state index contributed by atoms with van der Waals surface area (Å²) in [4.78, 5) is 26.1. The van der Waals surface area contributed by atoms with Gasteiger partial charge in [-0.25, -0.2) is 4.98 Å². The SMILES string of the molecule is CO[n+]1ccc(N(C)C)c2c3ncn(-c4ccc(C)cc4)c(=O)c3sc21. The average Bonchev–Trinajstić information content (AvgIpc) is 3.02. The number of benzene rings is 1. The summed E-state index contributed by atoms with van der Waals surface area (Å²) in [6, 6.07) is 9.79. The summed E-state index contributed by atoms with van der Waals surface area (Å²) in [7, 11) is 5.56. The van der Waals surface area contributed by atoms with Gasteiger partial charge in [0.2, 0.25) is 6.20 Å². The van der Waals surface area contributed by atoms with E-state index in [9.17, 15) is 4.79 Å². The van der Waals surface area contributed by atoms with Crippen LogP contribution in [0.25, 0.3) is 26.1 Å². The molecule has 0 radical (unpaired) electrons. The van der Waals surface area contributed by atoms with E-state index in [2.05, 4.69) is 4.98 Å². The van der Waals surface area contributed by atoms with Gasteiger partial charge in [-0.3, -0.25) is 14.2 Å². The maximum atomic E-state index is 13.1. The Bertz CT molecular complexity index is 1180. The lowest BCUT2D eigenvalue weighted by Gasteiger charge is -2.12. The number of anilines is 1. The van der Waals surface area contributed by atoms with E-state index < -0.39 is 0 Å². The number of hydrogen-bond acceptors (Lipinski definition) is 5. The highest BCUT2D eigenvalue weighted by molar-refractivity contribution is 7.25. The molecule has 3 aromatic heterocycles. The van der Waals surface area contributed by atoms with Gasteiger partial charge in [-0.15, -0.1) is 0 Å². The van der Waals surface area contributed by atoms with Gasteiger partial charge in [-0.1, -0.05) is 29.0 Å². The van der Waals surface area contributed by atoms with Crippen molar-refractivity contribution in [2.24, 2.45) is 0 Å². The van der Waals surface area contributed by atoms with Gasteiger partial charge in [0.05, 0.1) is 11.4 Å². The second kappa shape index (κ2) is 6.10. The van der Waals surface area contributed by atoms with Crippen molar-refractivity contribution in [3.8, 4) is 5.69 Å². The van der Waals surface area contributed by atoms with Crippen LogP contribution in [0.5, 0.6) is 0 Å². The van der Waals surface area contributed by atoms with Crippen LogP contribution in [0.2, 0.25) is 0 Å². The van der Waals surface area contributed by atoms with Crippen LogP contribution < -0.4 is 20.0 Å². The van der Waals surface area contributed by atoms with E-state index in [1.54, 1.807) is 22.7 Å². The van der Waals surface area contributed by atoms with Crippen molar-refractivity contribution in [2.75, 3.05) is 26.1 Å². The molecule has 132 valence electrons. The lowest BCUT2D eigenvalue weighted by Crippen LogP contribution is -2.40. The van der Waals surface area contributed by atoms with Gasteiger partial charge in [0, 0.05) is 24.9 Å². The van der Waals surface area contributed by atoms with Gasteiger partial charge in [0.25, 0.3) is 5.56 Å². The lowest BCUT2D eigenvalue weighted by atomic mass is 10.2. The molecule has 0 amide bonds. The third-order valence-corrected chi connectivity index (χ3v) is 5.54. The van der Waals surface area contributed by atoms with Crippen LogP contribution in [-0.4, -0.2) is 30.8 Å². The fourth-order valence-corrected chi connectivity index (χ4v) is 4.20. The molecule has 4 aromatic rings. The minimum Gasteiger partial charge on any atom is -0.377 e. The molecular formula is C19H19N4O2S+. The van der Waals surface area contributed by atoms with E-state index in [-0.39, 0.29) is 5.56 Å². The smallest absolute Gasteiger partial charge is 0.324 e. The first kappa shape index (κ1) is 16.5. The van der Waals surface area contributed by atoms with E-state index in [0.29, 0.717) is 10.2 Å². The normalized spacial score (nSPS) is 11.2. The van der Waals surface area contributed by atoms with Gasteiger partial charge in [0.1, 0.15) is 29.0 Å². The van der Waals surface area contributed by atoms with E-state index in [1.165, 1.54) is 11.3 Å². The molecular weight excluding hydrogens is 348 g/mol. The quantitative estimate of drug-likeness (QED) is 0.522. The van der Waals surface area contributed by atoms with Gasteiger partial charge < -0.3 is 4.90 Å². The van der Waals surface area contributed by atoms with Crippen LogP contribution >= 0.6 is 11.3 Å². The predicted molar refractivity (Wildman–Crippen MR) is 104 cm³/mol. The van der Waals surface area contributed by atoms with Crippen LogP contribution in [0.15, 0.2) is 47.7 Å².